The zero-order valence-electron chi connectivity index (χ0n) is 7.49. The molecular formula is C8H10NO3S. The Morgan fingerprint density at radius 3 is 2.15 bits per heavy atom. The van der Waals surface area contributed by atoms with Gasteiger partial charge in [0.25, 0.3) is 0 Å². The molecule has 1 atom stereocenters. The highest BCUT2D eigenvalue weighted by molar-refractivity contribution is 8.26. The molecule has 1 heterocycles. The number of carbonyl (C=O) groups excluding carboxylic acids is 3. The van der Waals surface area contributed by atoms with E-state index in [1.54, 1.807) is 6.92 Å². The first-order valence-corrected chi connectivity index (χ1v) is 5.04. The van der Waals surface area contributed by atoms with Gasteiger partial charge in [0.1, 0.15) is 0 Å². The molecule has 0 N–H and O–H groups in total. The van der Waals surface area contributed by atoms with Crippen LogP contribution in [0.25, 0.3) is 0 Å². The van der Waals surface area contributed by atoms with Crippen LogP contribution in [0, 0.1) is 0 Å². The predicted octanol–water partition coefficient (Wildman–Crippen LogP) is 0.565. The van der Waals surface area contributed by atoms with Crippen LogP contribution in [0.1, 0.15) is 26.7 Å². The summed E-state index contributed by atoms with van der Waals surface area (Å²) in [5.41, 5.74) is 0. The highest BCUT2D eigenvalue weighted by Crippen LogP contribution is 2.27. The summed E-state index contributed by atoms with van der Waals surface area (Å²) in [4.78, 5) is 33.5. The van der Waals surface area contributed by atoms with Crippen molar-refractivity contribution in [3.05, 3.63) is 0 Å². The zero-order valence-corrected chi connectivity index (χ0v) is 8.31. The molecule has 1 aliphatic rings. The topological polar surface area (TPSA) is 54.5 Å². The van der Waals surface area contributed by atoms with Crippen molar-refractivity contribution < 1.29 is 14.4 Å². The summed E-state index contributed by atoms with van der Waals surface area (Å²) < 4.78 is 1.03. The molecule has 1 radical (unpaired) electrons. The summed E-state index contributed by atoms with van der Waals surface area (Å²) in [6.45, 7) is 2.92. The standard InChI is InChI=1S/C8H10NO3S/c1-3-13(6(2)10)9-7(11)4-5-8(9)12/h4-5H2,1-2H3. The molecule has 0 aliphatic carbocycles. The van der Waals surface area contributed by atoms with E-state index >= 15 is 0 Å². The molecule has 0 aromatic carbocycles. The molecule has 1 rings (SSSR count). The molecule has 4 nitrogen and oxygen atoms in total. The zero-order chi connectivity index (χ0) is 10.0. The Hall–Kier alpha value is -0.970. The fourth-order valence-electron chi connectivity index (χ4n) is 1.12. The Balaban J connectivity index is 2.98. The van der Waals surface area contributed by atoms with Crippen molar-refractivity contribution in [3.8, 4) is 0 Å². The van der Waals surface area contributed by atoms with E-state index in [0.29, 0.717) is 0 Å². The van der Waals surface area contributed by atoms with Crippen molar-refractivity contribution in [2.45, 2.75) is 26.7 Å². The lowest BCUT2D eigenvalue weighted by atomic mass is 10.4. The number of hydrogen-bond donors (Lipinski definition) is 0. The van der Waals surface area contributed by atoms with Crippen LogP contribution in [-0.2, 0) is 14.4 Å². The van der Waals surface area contributed by atoms with Gasteiger partial charge in [0.05, 0.1) is 0 Å². The van der Waals surface area contributed by atoms with Crippen LogP contribution in [-0.4, -0.2) is 26.6 Å². The van der Waals surface area contributed by atoms with Crippen LogP contribution in [0.2, 0.25) is 0 Å². The average molecular weight is 200 g/mol. The first kappa shape index (κ1) is 10.1. The van der Waals surface area contributed by atoms with Gasteiger partial charge in [-0.25, -0.2) is 4.31 Å². The Labute approximate surface area is 79.0 Å². The fourth-order valence-corrected chi connectivity index (χ4v) is 2.44. The van der Waals surface area contributed by atoms with E-state index in [0.717, 1.165) is 4.31 Å². The third-order valence-electron chi connectivity index (χ3n) is 1.65. The molecule has 13 heavy (non-hydrogen) atoms. The lowest BCUT2D eigenvalue weighted by molar-refractivity contribution is -0.132. The van der Waals surface area contributed by atoms with E-state index in [2.05, 4.69) is 5.37 Å². The van der Waals surface area contributed by atoms with E-state index in [1.807, 2.05) is 0 Å². The maximum atomic E-state index is 11.2. The van der Waals surface area contributed by atoms with Gasteiger partial charge in [-0.15, -0.1) is 0 Å². The molecule has 1 saturated heterocycles. The molecule has 1 aliphatic heterocycles. The summed E-state index contributed by atoms with van der Waals surface area (Å²) in [5.74, 6) is -0.532. The second kappa shape index (κ2) is 3.83. The highest BCUT2D eigenvalue weighted by Gasteiger charge is 2.32. The van der Waals surface area contributed by atoms with E-state index in [1.165, 1.54) is 6.92 Å². The second-order valence-electron chi connectivity index (χ2n) is 2.56. The monoisotopic (exact) mass is 200 g/mol. The van der Waals surface area contributed by atoms with Gasteiger partial charge < -0.3 is 0 Å². The third kappa shape index (κ3) is 1.85. The summed E-state index contributed by atoms with van der Waals surface area (Å²) in [6.07, 6.45) is 0.439. The van der Waals surface area contributed by atoms with E-state index in [9.17, 15) is 14.4 Å². The van der Waals surface area contributed by atoms with Gasteiger partial charge in [0, 0.05) is 25.1 Å². The lowest BCUT2D eigenvalue weighted by Crippen LogP contribution is -2.25. The second-order valence-corrected chi connectivity index (χ2v) is 4.48. The number of hydrogen-bond acceptors (Lipinski definition) is 3. The van der Waals surface area contributed by atoms with Gasteiger partial charge in [-0.2, -0.15) is 0 Å². The van der Waals surface area contributed by atoms with Crippen LogP contribution in [0.3, 0.4) is 0 Å². The molecule has 1 unspecified atom stereocenters. The maximum Gasteiger partial charge on any atom is 0.239 e. The molecule has 5 heteroatoms. The summed E-state index contributed by atoms with van der Waals surface area (Å²) >= 11 is 0. The number of imide groups is 1. The highest BCUT2D eigenvalue weighted by atomic mass is 32.2. The fraction of sp³-hybridized carbons (Fsp3) is 0.500. The van der Waals surface area contributed by atoms with E-state index in [-0.39, 0.29) is 29.8 Å². The van der Waals surface area contributed by atoms with Crippen molar-refractivity contribution in [3.63, 3.8) is 0 Å². The Morgan fingerprint density at radius 1 is 1.38 bits per heavy atom. The van der Waals surface area contributed by atoms with Crippen molar-refractivity contribution >= 4 is 33.0 Å². The molecule has 2 amide bonds. The third-order valence-corrected chi connectivity index (χ3v) is 3.36. The molecule has 71 valence electrons. The number of amides is 2. The largest absolute Gasteiger partial charge is 0.286 e. The SMILES string of the molecule is C/[C]=S(/C(C)=O)N1C(=O)CCC1=O. The summed E-state index contributed by atoms with van der Waals surface area (Å²) in [6, 6.07) is 0. The smallest absolute Gasteiger partial charge is 0.239 e. The molecule has 0 saturated carbocycles. The quantitative estimate of drug-likeness (QED) is 0.459. The molecule has 0 spiro atoms. The van der Waals surface area contributed by atoms with Crippen molar-refractivity contribution in [2.24, 2.45) is 0 Å². The molecular weight excluding hydrogens is 190 g/mol. The normalized spacial score (nSPS) is 19.7. The minimum Gasteiger partial charge on any atom is -0.286 e. The lowest BCUT2D eigenvalue weighted by Gasteiger charge is -2.15. The first-order valence-electron chi connectivity index (χ1n) is 3.86. The van der Waals surface area contributed by atoms with Crippen LogP contribution in [0.5, 0.6) is 0 Å². The minimum absolute atomic E-state index is 0.203. The van der Waals surface area contributed by atoms with Gasteiger partial charge in [0.2, 0.25) is 11.8 Å². The molecule has 1 fully saturated rings. The van der Waals surface area contributed by atoms with Gasteiger partial charge >= 0.3 is 0 Å². The van der Waals surface area contributed by atoms with Crippen molar-refractivity contribution in [1.82, 2.24) is 4.31 Å². The Bertz CT molecular complexity index is 293. The molecule has 0 bridgehead atoms. The van der Waals surface area contributed by atoms with Gasteiger partial charge in [0.15, 0.2) is 5.12 Å². The van der Waals surface area contributed by atoms with Crippen molar-refractivity contribution in [1.29, 1.82) is 0 Å². The van der Waals surface area contributed by atoms with Crippen LogP contribution in [0.4, 0.5) is 0 Å². The van der Waals surface area contributed by atoms with Gasteiger partial charge in [-0.1, -0.05) is 0 Å². The number of nitrogens with zero attached hydrogens (tertiary/aromatic N) is 1. The molecule has 0 aromatic heterocycles. The Morgan fingerprint density at radius 2 is 1.85 bits per heavy atom. The minimum atomic E-state index is -1.07. The summed E-state index contributed by atoms with van der Waals surface area (Å²) in [5, 5.41) is 2.46. The first-order chi connectivity index (χ1) is 6.07. The number of rotatable bonds is 1. The summed E-state index contributed by atoms with van der Waals surface area (Å²) in [7, 11) is -1.07. The van der Waals surface area contributed by atoms with Crippen LogP contribution < -0.4 is 0 Å². The van der Waals surface area contributed by atoms with Gasteiger partial charge in [-0.3, -0.25) is 14.4 Å². The maximum absolute atomic E-state index is 11.2. The predicted molar refractivity (Wildman–Crippen MR) is 50.0 cm³/mol. The Kier molecular flexibility index (Phi) is 2.98. The number of carbonyl (C=O) groups is 3. The van der Waals surface area contributed by atoms with Crippen LogP contribution >= 0.6 is 10.7 Å². The van der Waals surface area contributed by atoms with Crippen molar-refractivity contribution in [2.75, 3.05) is 0 Å². The van der Waals surface area contributed by atoms with E-state index in [4.69, 9.17) is 0 Å². The van der Waals surface area contributed by atoms with Gasteiger partial charge in [-0.05, 0) is 17.6 Å². The van der Waals surface area contributed by atoms with Crippen LogP contribution in [0.15, 0.2) is 0 Å². The average Bonchev–Trinajstić information content (AvgIpc) is 2.36. The molecule has 0 aromatic rings. The van der Waals surface area contributed by atoms with E-state index < -0.39 is 10.7 Å².